The minimum absolute atomic E-state index is 0.212. The molecule has 1 fully saturated rings. The van der Waals surface area contributed by atoms with E-state index in [1.165, 1.54) is 30.1 Å². The third-order valence-corrected chi connectivity index (χ3v) is 8.33. The molecule has 0 amide bonds. The van der Waals surface area contributed by atoms with Gasteiger partial charge in [0, 0.05) is 30.1 Å². The summed E-state index contributed by atoms with van der Waals surface area (Å²) < 4.78 is 31.1. The van der Waals surface area contributed by atoms with E-state index in [0.29, 0.717) is 24.2 Å². The fourth-order valence-electron chi connectivity index (χ4n) is 3.49. The number of hydrogen-bond donors (Lipinski definition) is 1. The van der Waals surface area contributed by atoms with Gasteiger partial charge in [-0.2, -0.15) is 0 Å². The smallest absolute Gasteiger partial charge is 0.206 e. The van der Waals surface area contributed by atoms with Crippen molar-refractivity contribution in [2.75, 3.05) is 25.6 Å². The lowest BCUT2D eigenvalue weighted by molar-refractivity contribution is 0.107. The van der Waals surface area contributed by atoms with Crippen LogP contribution in [-0.4, -0.2) is 50.0 Å². The summed E-state index contributed by atoms with van der Waals surface area (Å²) in [5, 5.41) is 8.12. The van der Waals surface area contributed by atoms with Gasteiger partial charge in [-0.25, -0.2) is 8.42 Å². The normalized spacial score (nSPS) is 16.4. The zero-order valence-electron chi connectivity index (χ0n) is 18.9. The largest absolute Gasteiger partial charge is 0.490 e. The van der Waals surface area contributed by atoms with Gasteiger partial charge in [0.05, 0.1) is 15.5 Å². The minimum Gasteiger partial charge on any atom is -0.490 e. The molecule has 0 aliphatic carbocycles. The van der Waals surface area contributed by atoms with Crippen LogP contribution in [0.4, 0.5) is 0 Å². The van der Waals surface area contributed by atoms with Gasteiger partial charge >= 0.3 is 0 Å². The Hall–Kier alpha value is -2.88. The first-order chi connectivity index (χ1) is 16.5. The Kier molecular flexibility index (Phi) is 8.21. The Morgan fingerprint density at radius 1 is 1.03 bits per heavy atom. The Balaban J connectivity index is 1.23. The first kappa shape index (κ1) is 24.3. The number of pyridine rings is 1. The number of rotatable bonds is 10. The van der Waals surface area contributed by atoms with Gasteiger partial charge in [0.25, 0.3) is 0 Å². The molecule has 2 aromatic carbocycles. The molecule has 1 aromatic heterocycles. The second-order valence-corrected chi connectivity index (χ2v) is 11.0. The molecule has 9 heteroatoms. The standard InChI is InChI=1S/C25H27N3O4S2/c1-19(21-4-8-24(9-5-21)34(29,30)25-10-12-26-13-11-25)28-32-15-14-31-22-6-2-20(3-7-22)16-23-17-27-18-33-23/h2-13,23,27H,14-18H2,1H3. The van der Waals surface area contributed by atoms with E-state index in [4.69, 9.17) is 9.57 Å². The highest BCUT2D eigenvalue weighted by molar-refractivity contribution is 8.00. The number of benzene rings is 2. The maximum absolute atomic E-state index is 12.7. The highest BCUT2D eigenvalue weighted by Crippen LogP contribution is 2.22. The van der Waals surface area contributed by atoms with Crippen LogP contribution in [0.25, 0.3) is 0 Å². The van der Waals surface area contributed by atoms with Gasteiger partial charge in [0.2, 0.25) is 9.84 Å². The van der Waals surface area contributed by atoms with E-state index < -0.39 is 9.84 Å². The van der Waals surface area contributed by atoms with Crippen molar-refractivity contribution in [2.45, 2.75) is 28.4 Å². The highest BCUT2D eigenvalue weighted by Gasteiger charge is 2.17. The van der Waals surface area contributed by atoms with Gasteiger partial charge in [-0.1, -0.05) is 29.4 Å². The summed E-state index contributed by atoms with van der Waals surface area (Å²) in [5.74, 6) is 1.84. The summed E-state index contributed by atoms with van der Waals surface area (Å²) in [5.41, 5.74) is 2.74. The van der Waals surface area contributed by atoms with E-state index >= 15 is 0 Å². The van der Waals surface area contributed by atoms with Crippen molar-refractivity contribution in [1.29, 1.82) is 0 Å². The number of nitrogens with zero attached hydrogens (tertiary/aromatic N) is 2. The van der Waals surface area contributed by atoms with Gasteiger partial charge in [0.1, 0.15) is 12.4 Å². The zero-order chi connectivity index (χ0) is 23.8. The van der Waals surface area contributed by atoms with Crippen LogP contribution >= 0.6 is 11.8 Å². The maximum atomic E-state index is 12.7. The SMILES string of the molecule is CC(=NOCCOc1ccc(CC2CNCS2)cc1)c1ccc(S(=O)(=O)c2ccncc2)cc1. The predicted octanol–water partition coefficient (Wildman–Crippen LogP) is 3.94. The van der Waals surface area contributed by atoms with Crippen LogP contribution in [0.3, 0.4) is 0 Å². The number of sulfone groups is 1. The Labute approximate surface area is 204 Å². The fraction of sp³-hybridized carbons (Fsp3) is 0.280. The number of ether oxygens (including phenoxy) is 1. The van der Waals surface area contributed by atoms with Crippen LogP contribution in [0.5, 0.6) is 5.75 Å². The third-order valence-electron chi connectivity index (χ3n) is 5.37. The predicted molar refractivity (Wildman–Crippen MR) is 134 cm³/mol. The number of nitrogens with one attached hydrogen (secondary N) is 1. The number of aromatic nitrogens is 1. The second-order valence-electron chi connectivity index (χ2n) is 7.80. The van der Waals surface area contributed by atoms with Crippen LogP contribution in [0.15, 0.2) is 88.0 Å². The van der Waals surface area contributed by atoms with Crippen LogP contribution in [0, 0.1) is 0 Å². The fourth-order valence-corrected chi connectivity index (χ4v) is 5.76. The average Bonchev–Trinajstić information content (AvgIpc) is 3.38. The van der Waals surface area contributed by atoms with Crippen LogP contribution in [0.1, 0.15) is 18.1 Å². The van der Waals surface area contributed by atoms with Crippen LogP contribution < -0.4 is 10.1 Å². The molecule has 1 aliphatic rings. The van der Waals surface area contributed by atoms with E-state index in [1.54, 1.807) is 24.3 Å². The molecular weight excluding hydrogens is 470 g/mol. The van der Waals surface area contributed by atoms with Crippen LogP contribution in [-0.2, 0) is 21.1 Å². The van der Waals surface area contributed by atoms with Crippen molar-refractivity contribution >= 4 is 27.3 Å². The summed E-state index contributed by atoms with van der Waals surface area (Å²) in [6.45, 7) is 3.55. The molecule has 3 aromatic rings. The van der Waals surface area contributed by atoms with Crippen molar-refractivity contribution in [2.24, 2.45) is 5.16 Å². The molecule has 0 bridgehead atoms. The van der Waals surface area contributed by atoms with Gasteiger partial charge in [-0.05, 0) is 60.9 Å². The van der Waals surface area contributed by atoms with Crippen molar-refractivity contribution in [1.82, 2.24) is 10.3 Å². The van der Waals surface area contributed by atoms with Gasteiger partial charge in [-0.15, -0.1) is 11.8 Å². The molecule has 2 heterocycles. The summed E-state index contributed by atoms with van der Waals surface area (Å²) in [4.78, 5) is 9.67. The van der Waals surface area contributed by atoms with Crippen molar-refractivity contribution in [3.8, 4) is 5.75 Å². The third kappa shape index (κ3) is 6.37. The van der Waals surface area contributed by atoms with Gasteiger partial charge < -0.3 is 14.9 Å². The molecule has 178 valence electrons. The molecule has 1 atom stereocenters. The first-order valence-electron chi connectivity index (χ1n) is 11.0. The summed E-state index contributed by atoms with van der Waals surface area (Å²) in [7, 11) is -3.57. The molecule has 1 saturated heterocycles. The average molecular weight is 498 g/mol. The van der Waals surface area contributed by atoms with Gasteiger partial charge in [0.15, 0.2) is 6.61 Å². The zero-order valence-corrected chi connectivity index (χ0v) is 20.5. The van der Waals surface area contributed by atoms with E-state index in [-0.39, 0.29) is 9.79 Å². The molecule has 7 nitrogen and oxygen atoms in total. The van der Waals surface area contributed by atoms with Gasteiger partial charge in [-0.3, -0.25) is 4.98 Å². The minimum atomic E-state index is -3.57. The molecule has 1 aliphatic heterocycles. The maximum Gasteiger partial charge on any atom is 0.206 e. The topological polar surface area (TPSA) is 89.9 Å². The lowest BCUT2D eigenvalue weighted by Gasteiger charge is -2.09. The molecule has 34 heavy (non-hydrogen) atoms. The van der Waals surface area contributed by atoms with Crippen molar-refractivity contribution < 1.29 is 18.0 Å². The summed E-state index contributed by atoms with van der Waals surface area (Å²) >= 11 is 1.96. The number of thioether (sulfide) groups is 1. The molecule has 0 radical (unpaired) electrons. The highest BCUT2D eigenvalue weighted by atomic mass is 32.2. The Morgan fingerprint density at radius 3 is 2.41 bits per heavy atom. The quantitative estimate of drug-likeness (QED) is 0.258. The molecule has 1 N–H and O–H groups in total. The molecule has 0 spiro atoms. The number of hydrogen-bond acceptors (Lipinski definition) is 8. The monoisotopic (exact) mass is 497 g/mol. The number of oxime groups is 1. The van der Waals surface area contributed by atoms with Crippen molar-refractivity contribution in [3.63, 3.8) is 0 Å². The van der Waals surface area contributed by atoms with E-state index in [9.17, 15) is 8.42 Å². The van der Waals surface area contributed by atoms with E-state index in [0.717, 1.165) is 30.2 Å². The van der Waals surface area contributed by atoms with E-state index in [2.05, 4.69) is 27.6 Å². The Bertz CT molecular complexity index is 1190. The first-order valence-corrected chi connectivity index (χ1v) is 13.5. The van der Waals surface area contributed by atoms with E-state index in [1.807, 2.05) is 30.8 Å². The summed E-state index contributed by atoms with van der Waals surface area (Å²) in [6, 6.07) is 17.7. The van der Waals surface area contributed by atoms with Crippen molar-refractivity contribution in [3.05, 3.63) is 84.2 Å². The second kappa shape index (κ2) is 11.5. The molecular formula is C25H27N3O4S2. The molecule has 4 rings (SSSR count). The lowest BCUT2D eigenvalue weighted by atomic mass is 10.1. The summed E-state index contributed by atoms with van der Waals surface area (Å²) in [6.07, 6.45) is 3.98. The van der Waals surface area contributed by atoms with Crippen LogP contribution in [0.2, 0.25) is 0 Å². The Morgan fingerprint density at radius 2 is 1.74 bits per heavy atom. The molecule has 1 unspecified atom stereocenters. The lowest BCUT2D eigenvalue weighted by Crippen LogP contribution is -2.14. The molecule has 0 saturated carbocycles.